The van der Waals surface area contributed by atoms with Crippen LogP contribution in [0.2, 0.25) is 0 Å². The SMILES string of the molecule is CC1OC(=O)N(CCSc2nc(C(=O)O)cs2)C1C=CC(O)C1(CCCCF)CCC1. The van der Waals surface area contributed by atoms with Crippen LogP contribution in [0.1, 0.15) is 55.9 Å². The van der Waals surface area contributed by atoms with Crippen molar-refractivity contribution in [2.75, 3.05) is 19.0 Å². The zero-order valence-corrected chi connectivity index (χ0v) is 19.2. The van der Waals surface area contributed by atoms with Crippen LogP contribution in [0.5, 0.6) is 0 Å². The fourth-order valence-corrected chi connectivity index (χ4v) is 5.95. The molecule has 0 bridgehead atoms. The number of aromatic carboxylic acids is 1. The van der Waals surface area contributed by atoms with Gasteiger partial charge in [0.1, 0.15) is 6.10 Å². The predicted molar refractivity (Wildman–Crippen MR) is 117 cm³/mol. The summed E-state index contributed by atoms with van der Waals surface area (Å²) in [5, 5.41) is 21.3. The van der Waals surface area contributed by atoms with Gasteiger partial charge in [0.2, 0.25) is 0 Å². The number of rotatable bonds is 12. The van der Waals surface area contributed by atoms with Crippen LogP contribution < -0.4 is 0 Å². The van der Waals surface area contributed by atoms with Crippen molar-refractivity contribution in [3.63, 3.8) is 0 Å². The van der Waals surface area contributed by atoms with Crippen molar-refractivity contribution in [3.8, 4) is 0 Å². The van der Waals surface area contributed by atoms with Crippen molar-refractivity contribution in [1.29, 1.82) is 0 Å². The van der Waals surface area contributed by atoms with Crippen molar-refractivity contribution in [1.82, 2.24) is 9.88 Å². The summed E-state index contributed by atoms with van der Waals surface area (Å²) in [6, 6.07) is -0.281. The molecule has 172 valence electrons. The third-order valence-electron chi connectivity index (χ3n) is 6.15. The van der Waals surface area contributed by atoms with Gasteiger partial charge in [0.15, 0.2) is 10.0 Å². The van der Waals surface area contributed by atoms with Gasteiger partial charge in [0.05, 0.1) is 18.8 Å². The molecule has 2 fully saturated rings. The number of amides is 1. The number of carboxylic acid groups (broad SMARTS) is 1. The Kier molecular flexibility index (Phi) is 8.35. The average Bonchev–Trinajstić information content (AvgIpc) is 3.27. The van der Waals surface area contributed by atoms with Crippen LogP contribution in [0.25, 0.3) is 0 Å². The van der Waals surface area contributed by atoms with E-state index in [2.05, 4.69) is 4.98 Å². The molecule has 2 aliphatic rings. The number of cyclic esters (lactones) is 1. The number of carbonyl (C=O) groups is 2. The second kappa shape index (κ2) is 10.8. The van der Waals surface area contributed by atoms with Gasteiger partial charge in [-0.2, -0.15) is 0 Å². The summed E-state index contributed by atoms with van der Waals surface area (Å²) in [6.45, 7) is 1.92. The number of halogens is 1. The van der Waals surface area contributed by atoms with Gasteiger partial charge < -0.3 is 14.9 Å². The van der Waals surface area contributed by atoms with E-state index in [0.29, 0.717) is 23.1 Å². The number of alkyl halides is 1. The first kappa shape index (κ1) is 24.0. The Labute approximate surface area is 189 Å². The summed E-state index contributed by atoms with van der Waals surface area (Å²) in [5.41, 5.74) is -0.154. The highest BCUT2D eigenvalue weighted by molar-refractivity contribution is 8.01. The molecule has 1 amide bonds. The normalized spacial score (nSPS) is 23.7. The summed E-state index contributed by atoms with van der Waals surface area (Å²) in [6.07, 6.45) is 7.34. The van der Waals surface area contributed by atoms with E-state index in [1.54, 1.807) is 11.0 Å². The number of nitrogens with zero attached hydrogens (tertiary/aromatic N) is 2. The van der Waals surface area contributed by atoms with Gasteiger partial charge in [-0.1, -0.05) is 36.8 Å². The molecule has 10 heteroatoms. The number of hydrogen-bond acceptors (Lipinski definition) is 7. The lowest BCUT2D eigenvalue weighted by molar-refractivity contribution is -0.0148. The van der Waals surface area contributed by atoms with Crippen molar-refractivity contribution < 1.29 is 28.9 Å². The van der Waals surface area contributed by atoms with Gasteiger partial charge in [-0.05, 0) is 38.0 Å². The molecule has 0 spiro atoms. The van der Waals surface area contributed by atoms with Crippen LogP contribution in [0.4, 0.5) is 9.18 Å². The smallest absolute Gasteiger partial charge is 0.410 e. The average molecular weight is 473 g/mol. The van der Waals surface area contributed by atoms with Crippen LogP contribution in [0.3, 0.4) is 0 Å². The first-order valence-electron chi connectivity index (χ1n) is 10.6. The summed E-state index contributed by atoms with van der Waals surface area (Å²) >= 11 is 2.66. The molecule has 7 nitrogen and oxygen atoms in total. The maximum absolute atomic E-state index is 12.5. The molecule has 1 aromatic rings. The number of carbonyl (C=O) groups excluding carboxylic acids is 1. The summed E-state index contributed by atoms with van der Waals surface area (Å²) < 4.78 is 18.5. The van der Waals surface area contributed by atoms with Gasteiger partial charge in [-0.3, -0.25) is 9.29 Å². The fourth-order valence-electron chi connectivity index (χ4n) is 4.14. The highest BCUT2D eigenvalue weighted by Gasteiger charge is 2.42. The van der Waals surface area contributed by atoms with E-state index in [1.807, 2.05) is 13.0 Å². The standard InChI is InChI=1S/C21H29FN2O5S2/c1-14-16(5-6-17(25)21(8-4-9-21)7-2-3-10-22)24(20(28)29-14)11-12-30-19-23-15(13-31-19)18(26)27/h5-6,13-14,16-17,25H,2-4,7-12H2,1H3,(H,26,27). The van der Waals surface area contributed by atoms with Crippen molar-refractivity contribution >= 4 is 35.2 Å². The lowest BCUT2D eigenvalue weighted by Crippen LogP contribution is -2.41. The minimum atomic E-state index is -1.06. The lowest BCUT2D eigenvalue weighted by atomic mass is 9.62. The number of thioether (sulfide) groups is 1. The minimum Gasteiger partial charge on any atom is -0.476 e. The highest BCUT2D eigenvalue weighted by Crippen LogP contribution is 2.48. The second-order valence-corrected chi connectivity index (χ2v) is 10.3. The summed E-state index contributed by atoms with van der Waals surface area (Å²) in [4.78, 5) is 28.9. The maximum Gasteiger partial charge on any atom is 0.410 e. The summed E-state index contributed by atoms with van der Waals surface area (Å²) in [7, 11) is 0. The van der Waals surface area contributed by atoms with E-state index in [9.17, 15) is 19.1 Å². The Morgan fingerprint density at radius 3 is 2.90 bits per heavy atom. The van der Waals surface area contributed by atoms with Crippen LogP contribution in [-0.4, -0.2) is 69.4 Å². The topological polar surface area (TPSA) is 100.0 Å². The summed E-state index contributed by atoms with van der Waals surface area (Å²) in [5.74, 6) is -0.508. The molecule has 0 aromatic carbocycles. The predicted octanol–water partition coefficient (Wildman–Crippen LogP) is 4.37. The van der Waals surface area contributed by atoms with Crippen molar-refractivity contribution in [2.45, 2.75) is 68.0 Å². The number of carboxylic acids is 1. The number of ether oxygens (including phenoxy) is 1. The third kappa shape index (κ3) is 5.78. The molecule has 2 heterocycles. The van der Waals surface area contributed by atoms with Gasteiger partial charge >= 0.3 is 12.1 Å². The van der Waals surface area contributed by atoms with Crippen LogP contribution >= 0.6 is 23.1 Å². The maximum atomic E-state index is 12.5. The molecule has 1 aliphatic heterocycles. The molecular formula is C21H29FN2O5S2. The Hall–Kier alpha value is -1.65. The Morgan fingerprint density at radius 1 is 1.52 bits per heavy atom. The van der Waals surface area contributed by atoms with E-state index in [-0.39, 0.29) is 29.9 Å². The first-order valence-corrected chi connectivity index (χ1v) is 12.4. The number of unbranched alkanes of at least 4 members (excludes halogenated alkanes) is 1. The minimum absolute atomic E-state index is 0.0212. The Morgan fingerprint density at radius 2 is 2.29 bits per heavy atom. The molecular weight excluding hydrogens is 443 g/mol. The fraction of sp³-hybridized carbons (Fsp3) is 0.667. The third-order valence-corrected chi connectivity index (χ3v) is 8.15. The molecule has 3 unspecified atom stereocenters. The van der Waals surface area contributed by atoms with E-state index in [0.717, 1.165) is 32.1 Å². The molecule has 3 atom stereocenters. The number of aliphatic hydroxyl groups is 1. The van der Waals surface area contributed by atoms with E-state index in [4.69, 9.17) is 9.84 Å². The number of hydrogen-bond donors (Lipinski definition) is 2. The van der Waals surface area contributed by atoms with E-state index >= 15 is 0 Å². The largest absolute Gasteiger partial charge is 0.476 e. The van der Waals surface area contributed by atoms with Gasteiger partial charge in [-0.15, -0.1) is 11.3 Å². The molecule has 1 saturated heterocycles. The molecule has 3 rings (SSSR count). The van der Waals surface area contributed by atoms with E-state index in [1.165, 1.54) is 28.5 Å². The van der Waals surface area contributed by atoms with Crippen LogP contribution in [-0.2, 0) is 4.74 Å². The lowest BCUT2D eigenvalue weighted by Gasteiger charge is -2.45. The van der Waals surface area contributed by atoms with Crippen molar-refractivity contribution in [3.05, 3.63) is 23.2 Å². The van der Waals surface area contributed by atoms with Gasteiger partial charge in [0.25, 0.3) is 0 Å². The van der Waals surface area contributed by atoms with Crippen LogP contribution in [0.15, 0.2) is 21.9 Å². The monoisotopic (exact) mass is 472 g/mol. The molecule has 0 radical (unpaired) electrons. The Balaban J connectivity index is 1.56. The van der Waals surface area contributed by atoms with Gasteiger partial charge in [-0.25, -0.2) is 14.6 Å². The van der Waals surface area contributed by atoms with Crippen LogP contribution in [0, 0.1) is 5.41 Å². The number of thiazole rings is 1. The Bertz CT molecular complexity index is 798. The second-order valence-electron chi connectivity index (χ2n) is 8.12. The highest BCUT2D eigenvalue weighted by atomic mass is 32.2. The van der Waals surface area contributed by atoms with Crippen molar-refractivity contribution in [2.24, 2.45) is 5.41 Å². The zero-order chi connectivity index (χ0) is 22.4. The van der Waals surface area contributed by atoms with Gasteiger partial charge in [0, 0.05) is 17.7 Å². The van der Waals surface area contributed by atoms with E-state index < -0.39 is 18.2 Å². The molecule has 1 aliphatic carbocycles. The number of aromatic nitrogens is 1. The zero-order valence-electron chi connectivity index (χ0n) is 17.5. The molecule has 1 aromatic heterocycles. The number of aliphatic hydroxyl groups excluding tert-OH is 1. The molecule has 1 saturated carbocycles. The first-order chi connectivity index (χ1) is 14.9. The quantitative estimate of drug-likeness (QED) is 0.265. The molecule has 2 N–H and O–H groups in total. The molecule has 31 heavy (non-hydrogen) atoms.